The van der Waals surface area contributed by atoms with Crippen molar-refractivity contribution in [1.82, 2.24) is 13.7 Å². The SMILES string of the molecule is O=c1n(Cc2cc(O)c(O)c(O)c2)c(=O)n(Cc2cc(O)c(O)c(O)c2)c(=O)n1Cc1cc(O)c(O)c(O)c1. The van der Waals surface area contributed by atoms with Crippen molar-refractivity contribution in [2.75, 3.05) is 0 Å². The normalized spacial score (nSPS) is 11.1. The van der Waals surface area contributed by atoms with Crippen molar-refractivity contribution in [2.45, 2.75) is 19.6 Å². The fourth-order valence-electron chi connectivity index (χ4n) is 3.89. The Bertz CT molecular complexity index is 1490. The Labute approximate surface area is 216 Å². The number of aromatic hydroxyl groups is 9. The fraction of sp³-hybridized carbons (Fsp3) is 0.125. The lowest BCUT2D eigenvalue weighted by Gasteiger charge is -2.15. The largest absolute Gasteiger partial charge is 0.504 e. The van der Waals surface area contributed by atoms with Gasteiger partial charge in [-0.25, -0.2) is 28.1 Å². The Morgan fingerprint density at radius 3 is 0.744 bits per heavy atom. The molecule has 0 radical (unpaired) electrons. The number of phenols is 9. The van der Waals surface area contributed by atoms with E-state index in [0.29, 0.717) is 13.7 Å². The molecular weight excluding hydrogens is 522 g/mol. The molecule has 0 fully saturated rings. The zero-order valence-corrected chi connectivity index (χ0v) is 19.7. The summed E-state index contributed by atoms with van der Waals surface area (Å²) < 4.78 is 1.65. The molecule has 0 atom stereocenters. The summed E-state index contributed by atoms with van der Waals surface area (Å²) in [7, 11) is 0. The lowest BCUT2D eigenvalue weighted by molar-refractivity contribution is 0.366. The molecule has 3 aromatic carbocycles. The average Bonchev–Trinajstić information content (AvgIpc) is 2.87. The van der Waals surface area contributed by atoms with E-state index in [0.717, 1.165) is 36.4 Å². The molecule has 39 heavy (non-hydrogen) atoms. The van der Waals surface area contributed by atoms with Crippen LogP contribution in [0.25, 0.3) is 0 Å². The molecule has 15 nitrogen and oxygen atoms in total. The Morgan fingerprint density at radius 1 is 0.385 bits per heavy atom. The van der Waals surface area contributed by atoms with Gasteiger partial charge >= 0.3 is 17.1 Å². The number of phenolic OH excluding ortho intramolecular Hbond substituents is 9. The van der Waals surface area contributed by atoms with Crippen molar-refractivity contribution in [3.63, 3.8) is 0 Å². The highest BCUT2D eigenvalue weighted by Crippen LogP contribution is 2.37. The van der Waals surface area contributed by atoms with E-state index in [2.05, 4.69) is 0 Å². The van der Waals surface area contributed by atoms with Gasteiger partial charge in [-0.3, -0.25) is 0 Å². The summed E-state index contributed by atoms with van der Waals surface area (Å²) >= 11 is 0. The third-order valence-corrected chi connectivity index (χ3v) is 5.80. The minimum atomic E-state index is -1.18. The van der Waals surface area contributed by atoms with E-state index in [1.165, 1.54) is 0 Å². The Morgan fingerprint density at radius 2 is 0.564 bits per heavy atom. The molecule has 4 aromatic rings. The Balaban J connectivity index is 1.92. The molecule has 0 unspecified atom stereocenters. The third kappa shape index (κ3) is 4.83. The molecule has 0 saturated carbocycles. The van der Waals surface area contributed by atoms with Crippen molar-refractivity contribution in [2.24, 2.45) is 0 Å². The van der Waals surface area contributed by atoms with Crippen LogP contribution in [0.4, 0.5) is 0 Å². The van der Waals surface area contributed by atoms with E-state index in [4.69, 9.17) is 0 Å². The average molecular weight is 543 g/mol. The van der Waals surface area contributed by atoms with E-state index in [1.807, 2.05) is 0 Å². The van der Waals surface area contributed by atoms with E-state index in [9.17, 15) is 60.3 Å². The summed E-state index contributed by atoms with van der Waals surface area (Å²) in [5.74, 6) is -7.04. The van der Waals surface area contributed by atoms with Gasteiger partial charge in [0.25, 0.3) is 0 Å². The van der Waals surface area contributed by atoms with Crippen LogP contribution in [0.2, 0.25) is 0 Å². The van der Waals surface area contributed by atoms with Gasteiger partial charge in [0.1, 0.15) is 0 Å². The molecular formula is C24H21N3O12. The van der Waals surface area contributed by atoms with Gasteiger partial charge in [0.05, 0.1) is 19.6 Å². The molecule has 0 aliphatic rings. The number of nitrogens with zero attached hydrogens (tertiary/aromatic N) is 3. The molecule has 0 aliphatic carbocycles. The van der Waals surface area contributed by atoms with Gasteiger partial charge in [-0.2, -0.15) is 0 Å². The second kappa shape index (κ2) is 9.62. The van der Waals surface area contributed by atoms with Crippen LogP contribution < -0.4 is 17.1 Å². The van der Waals surface area contributed by atoms with Gasteiger partial charge < -0.3 is 46.0 Å². The van der Waals surface area contributed by atoms with Crippen molar-refractivity contribution in [3.8, 4) is 51.7 Å². The zero-order chi connectivity index (χ0) is 28.8. The first kappa shape index (κ1) is 26.3. The summed E-state index contributed by atoms with van der Waals surface area (Å²) in [4.78, 5) is 39.9. The highest BCUT2D eigenvalue weighted by molar-refractivity contribution is 5.52. The number of hydrogen-bond donors (Lipinski definition) is 9. The quantitative estimate of drug-likeness (QED) is 0.142. The monoisotopic (exact) mass is 543 g/mol. The van der Waals surface area contributed by atoms with E-state index in [1.54, 1.807) is 0 Å². The number of aromatic nitrogens is 3. The number of hydrogen-bond acceptors (Lipinski definition) is 12. The van der Waals surface area contributed by atoms with Crippen LogP contribution >= 0.6 is 0 Å². The van der Waals surface area contributed by atoms with Gasteiger partial charge in [-0.15, -0.1) is 0 Å². The molecule has 9 N–H and O–H groups in total. The molecule has 1 heterocycles. The zero-order valence-electron chi connectivity index (χ0n) is 19.7. The van der Waals surface area contributed by atoms with Gasteiger partial charge in [0.2, 0.25) is 0 Å². The second-order valence-corrected chi connectivity index (χ2v) is 8.55. The van der Waals surface area contributed by atoms with Crippen LogP contribution in [0.15, 0.2) is 50.8 Å². The van der Waals surface area contributed by atoms with Crippen LogP contribution in [-0.2, 0) is 19.6 Å². The van der Waals surface area contributed by atoms with Crippen molar-refractivity contribution in [1.29, 1.82) is 0 Å². The van der Waals surface area contributed by atoms with Gasteiger partial charge in [-0.1, -0.05) is 0 Å². The lowest BCUT2D eigenvalue weighted by atomic mass is 10.1. The maximum atomic E-state index is 13.3. The summed E-state index contributed by atoms with van der Waals surface area (Å²) in [6.45, 7) is -1.84. The standard InChI is InChI=1S/C24H21N3O12/c28-13-1-10(2-14(29)19(13)34)7-25-22(37)26(8-11-3-15(30)20(35)16(31)4-11)24(39)27(23(25)38)9-12-5-17(32)21(36)18(33)6-12/h1-6,28-36H,7-9H2. The molecule has 204 valence electrons. The summed E-state index contributed by atoms with van der Waals surface area (Å²) in [5, 5.41) is 87.7. The number of benzene rings is 3. The summed E-state index contributed by atoms with van der Waals surface area (Å²) in [6.07, 6.45) is 0. The van der Waals surface area contributed by atoms with E-state index in [-0.39, 0.29) is 16.7 Å². The summed E-state index contributed by atoms with van der Waals surface area (Å²) in [5.41, 5.74) is -3.64. The molecule has 15 heteroatoms. The first-order valence-corrected chi connectivity index (χ1v) is 10.9. The van der Waals surface area contributed by atoms with Gasteiger partial charge in [-0.05, 0) is 53.1 Å². The fourth-order valence-corrected chi connectivity index (χ4v) is 3.89. The minimum Gasteiger partial charge on any atom is -0.504 e. The third-order valence-electron chi connectivity index (χ3n) is 5.80. The minimum absolute atomic E-state index is 0.0291. The smallest absolute Gasteiger partial charge is 0.336 e. The van der Waals surface area contributed by atoms with Crippen LogP contribution in [0, 0.1) is 0 Å². The molecule has 0 aliphatic heterocycles. The van der Waals surface area contributed by atoms with Gasteiger partial charge in [0.15, 0.2) is 51.7 Å². The molecule has 0 bridgehead atoms. The topological polar surface area (TPSA) is 248 Å². The lowest BCUT2D eigenvalue weighted by Crippen LogP contribution is -2.54. The predicted octanol–water partition coefficient (Wildman–Crippen LogP) is -0.333. The first-order chi connectivity index (χ1) is 18.3. The van der Waals surface area contributed by atoms with Crippen molar-refractivity contribution < 1.29 is 46.0 Å². The molecule has 0 saturated heterocycles. The van der Waals surface area contributed by atoms with Crippen LogP contribution in [0.1, 0.15) is 16.7 Å². The molecule has 1 aromatic heterocycles. The van der Waals surface area contributed by atoms with Crippen LogP contribution in [-0.4, -0.2) is 59.7 Å². The van der Waals surface area contributed by atoms with Crippen molar-refractivity contribution >= 4 is 0 Å². The summed E-state index contributed by atoms with van der Waals surface area (Å²) in [6, 6.07) is 5.79. The highest BCUT2D eigenvalue weighted by Gasteiger charge is 2.20. The maximum absolute atomic E-state index is 13.3. The van der Waals surface area contributed by atoms with E-state index >= 15 is 0 Å². The molecule has 4 rings (SSSR count). The van der Waals surface area contributed by atoms with Crippen molar-refractivity contribution in [3.05, 3.63) is 84.5 Å². The number of rotatable bonds is 6. The van der Waals surface area contributed by atoms with Crippen LogP contribution in [0.3, 0.4) is 0 Å². The van der Waals surface area contributed by atoms with E-state index < -0.39 is 88.4 Å². The van der Waals surface area contributed by atoms with Crippen LogP contribution in [0.5, 0.6) is 51.7 Å². The Kier molecular flexibility index (Phi) is 6.50. The molecule has 0 spiro atoms. The van der Waals surface area contributed by atoms with Gasteiger partial charge in [0, 0.05) is 0 Å². The Hall–Kier alpha value is -5.73. The highest BCUT2D eigenvalue weighted by atomic mass is 16.3. The maximum Gasteiger partial charge on any atom is 0.336 e. The molecule has 0 amide bonds. The predicted molar refractivity (Wildman–Crippen MR) is 131 cm³/mol. The first-order valence-electron chi connectivity index (χ1n) is 10.9. The second-order valence-electron chi connectivity index (χ2n) is 8.55.